The standard InChI is InChI=1S/C22H15F2NO4S/c1-10-3-6-14-16(7-10)29-21(25-14)15(26)8-17-18(22(27)28)13(9-30-17)12-5-4-11(2)19(23)20(12)24/h3-7,9H,8H2,1-2H3,(H,27,28). The van der Waals surface area contributed by atoms with Crippen molar-refractivity contribution in [2.45, 2.75) is 20.3 Å². The zero-order valence-electron chi connectivity index (χ0n) is 16.0. The number of hydrogen-bond acceptors (Lipinski definition) is 5. The Morgan fingerprint density at radius 2 is 1.87 bits per heavy atom. The number of Topliss-reactive ketones (excluding diaryl/α,β-unsaturated/α-hetero) is 1. The van der Waals surface area contributed by atoms with Gasteiger partial charge in [0.05, 0.1) is 12.0 Å². The maximum atomic E-state index is 14.4. The molecule has 0 aliphatic carbocycles. The number of fused-ring (bicyclic) bond motifs is 1. The van der Waals surface area contributed by atoms with Crippen LogP contribution >= 0.6 is 11.3 Å². The molecule has 0 atom stereocenters. The molecule has 152 valence electrons. The average Bonchev–Trinajstić information content (AvgIpc) is 3.30. The number of rotatable bonds is 5. The number of carboxylic acids is 1. The molecule has 30 heavy (non-hydrogen) atoms. The lowest BCUT2D eigenvalue weighted by molar-refractivity contribution is 0.0697. The highest BCUT2D eigenvalue weighted by molar-refractivity contribution is 7.11. The monoisotopic (exact) mass is 427 g/mol. The molecule has 0 saturated carbocycles. The van der Waals surface area contributed by atoms with Gasteiger partial charge in [-0.1, -0.05) is 18.2 Å². The first-order valence-corrected chi connectivity index (χ1v) is 9.83. The van der Waals surface area contributed by atoms with E-state index >= 15 is 0 Å². The van der Waals surface area contributed by atoms with Crippen LogP contribution in [-0.2, 0) is 6.42 Å². The number of ketones is 1. The summed E-state index contributed by atoms with van der Waals surface area (Å²) in [5, 5.41) is 11.1. The predicted molar refractivity (Wildman–Crippen MR) is 108 cm³/mol. The van der Waals surface area contributed by atoms with Crippen molar-refractivity contribution in [3.8, 4) is 11.1 Å². The molecule has 2 heterocycles. The zero-order valence-corrected chi connectivity index (χ0v) is 16.8. The predicted octanol–water partition coefficient (Wildman–Crippen LogP) is 5.57. The molecular weight excluding hydrogens is 412 g/mol. The van der Waals surface area contributed by atoms with Gasteiger partial charge in [-0.05, 0) is 42.5 Å². The summed E-state index contributed by atoms with van der Waals surface area (Å²) in [6.07, 6.45) is -0.284. The fourth-order valence-corrected chi connectivity index (χ4v) is 4.22. The highest BCUT2D eigenvalue weighted by atomic mass is 32.1. The molecule has 0 spiro atoms. The molecule has 0 unspecified atom stereocenters. The first-order chi connectivity index (χ1) is 14.3. The van der Waals surface area contributed by atoms with Crippen LogP contribution in [0.3, 0.4) is 0 Å². The third kappa shape index (κ3) is 3.39. The Labute approximate surface area is 173 Å². The SMILES string of the molecule is Cc1ccc2nc(C(=O)Cc3scc(-c4ccc(C)c(F)c4F)c3C(=O)O)oc2c1. The second kappa shape index (κ2) is 7.46. The molecular formula is C22H15F2NO4S. The van der Waals surface area contributed by atoms with Crippen molar-refractivity contribution >= 4 is 34.2 Å². The summed E-state index contributed by atoms with van der Waals surface area (Å²) in [5.74, 6) is -4.12. The Kier molecular flexibility index (Phi) is 4.95. The molecule has 0 fully saturated rings. The average molecular weight is 427 g/mol. The van der Waals surface area contributed by atoms with Crippen LogP contribution < -0.4 is 0 Å². The van der Waals surface area contributed by atoms with E-state index in [1.165, 1.54) is 24.4 Å². The highest BCUT2D eigenvalue weighted by Gasteiger charge is 2.26. The van der Waals surface area contributed by atoms with Crippen LogP contribution in [0.25, 0.3) is 22.2 Å². The van der Waals surface area contributed by atoms with E-state index in [4.69, 9.17) is 4.42 Å². The number of halogens is 2. The van der Waals surface area contributed by atoms with Crippen molar-refractivity contribution in [1.29, 1.82) is 0 Å². The quantitative estimate of drug-likeness (QED) is 0.421. The Bertz CT molecular complexity index is 1320. The molecule has 0 aliphatic rings. The van der Waals surface area contributed by atoms with Gasteiger partial charge in [0.25, 0.3) is 5.89 Å². The van der Waals surface area contributed by atoms with E-state index in [2.05, 4.69) is 4.98 Å². The second-order valence-electron chi connectivity index (χ2n) is 6.90. The Morgan fingerprint density at radius 3 is 2.60 bits per heavy atom. The molecule has 8 heteroatoms. The fourth-order valence-electron chi connectivity index (χ4n) is 3.19. The minimum absolute atomic E-state index is 0.0277. The minimum atomic E-state index is -1.33. The summed E-state index contributed by atoms with van der Waals surface area (Å²) in [6.45, 7) is 3.29. The number of aryl methyl sites for hydroxylation is 2. The van der Waals surface area contributed by atoms with Gasteiger partial charge in [-0.2, -0.15) is 0 Å². The number of carboxylic acid groups (broad SMARTS) is 1. The molecule has 0 saturated heterocycles. The molecule has 0 radical (unpaired) electrons. The molecule has 5 nitrogen and oxygen atoms in total. The van der Waals surface area contributed by atoms with Crippen LogP contribution in [0.1, 0.15) is 37.0 Å². The molecule has 4 rings (SSSR count). The number of oxazole rings is 1. The molecule has 2 aromatic heterocycles. The normalized spacial score (nSPS) is 11.2. The maximum absolute atomic E-state index is 14.4. The Morgan fingerprint density at radius 1 is 1.10 bits per heavy atom. The van der Waals surface area contributed by atoms with Crippen molar-refractivity contribution in [1.82, 2.24) is 4.98 Å². The fraction of sp³-hybridized carbons (Fsp3) is 0.136. The first-order valence-electron chi connectivity index (χ1n) is 8.95. The number of carbonyl (C=O) groups excluding carboxylic acids is 1. The topological polar surface area (TPSA) is 80.4 Å². The summed E-state index contributed by atoms with van der Waals surface area (Å²) in [6, 6.07) is 8.02. The van der Waals surface area contributed by atoms with Gasteiger partial charge in [0, 0.05) is 16.0 Å². The smallest absolute Gasteiger partial charge is 0.337 e. The lowest BCUT2D eigenvalue weighted by Crippen LogP contribution is -2.08. The van der Waals surface area contributed by atoms with Gasteiger partial charge in [-0.15, -0.1) is 11.3 Å². The zero-order chi connectivity index (χ0) is 21.6. The molecule has 2 aromatic carbocycles. The summed E-state index contributed by atoms with van der Waals surface area (Å²) in [4.78, 5) is 28.9. The summed E-state index contributed by atoms with van der Waals surface area (Å²) in [7, 11) is 0. The van der Waals surface area contributed by atoms with Crippen molar-refractivity contribution in [2.75, 3.05) is 0 Å². The molecule has 0 bridgehead atoms. The van der Waals surface area contributed by atoms with Crippen molar-refractivity contribution in [3.63, 3.8) is 0 Å². The lowest BCUT2D eigenvalue weighted by Gasteiger charge is -2.07. The summed E-state index contributed by atoms with van der Waals surface area (Å²) >= 11 is 0.990. The van der Waals surface area contributed by atoms with E-state index in [1.807, 2.05) is 13.0 Å². The number of thiophene rings is 1. The van der Waals surface area contributed by atoms with Crippen molar-refractivity contribution in [3.05, 3.63) is 74.8 Å². The second-order valence-corrected chi connectivity index (χ2v) is 7.87. The van der Waals surface area contributed by atoms with E-state index in [0.717, 1.165) is 16.9 Å². The van der Waals surface area contributed by atoms with E-state index < -0.39 is 23.4 Å². The van der Waals surface area contributed by atoms with E-state index in [9.17, 15) is 23.5 Å². The molecule has 0 aliphatic heterocycles. The van der Waals surface area contributed by atoms with E-state index in [-0.39, 0.29) is 39.4 Å². The van der Waals surface area contributed by atoms with Crippen LogP contribution in [-0.4, -0.2) is 21.8 Å². The van der Waals surface area contributed by atoms with Gasteiger partial charge in [0.2, 0.25) is 5.78 Å². The molecule has 4 aromatic rings. The largest absolute Gasteiger partial charge is 0.478 e. The third-order valence-electron chi connectivity index (χ3n) is 4.75. The summed E-state index contributed by atoms with van der Waals surface area (Å²) in [5.41, 5.74) is 1.67. The van der Waals surface area contributed by atoms with Crippen LogP contribution in [0.15, 0.2) is 40.1 Å². The van der Waals surface area contributed by atoms with Crippen LogP contribution in [0, 0.1) is 25.5 Å². The number of hydrogen-bond donors (Lipinski definition) is 1. The molecule has 1 N–H and O–H groups in total. The lowest BCUT2D eigenvalue weighted by atomic mass is 9.99. The van der Waals surface area contributed by atoms with Crippen LogP contribution in [0.2, 0.25) is 0 Å². The highest BCUT2D eigenvalue weighted by Crippen LogP contribution is 2.35. The van der Waals surface area contributed by atoms with E-state index in [1.54, 1.807) is 12.1 Å². The Hall–Kier alpha value is -3.39. The first kappa shape index (κ1) is 19.9. The Balaban J connectivity index is 1.72. The number of benzene rings is 2. The number of carbonyl (C=O) groups is 2. The third-order valence-corrected chi connectivity index (χ3v) is 5.74. The minimum Gasteiger partial charge on any atom is -0.478 e. The van der Waals surface area contributed by atoms with Gasteiger partial charge in [-0.3, -0.25) is 4.79 Å². The van der Waals surface area contributed by atoms with E-state index in [0.29, 0.717) is 11.1 Å². The van der Waals surface area contributed by atoms with Gasteiger partial charge >= 0.3 is 5.97 Å². The van der Waals surface area contributed by atoms with Gasteiger partial charge in [0.15, 0.2) is 17.2 Å². The van der Waals surface area contributed by atoms with Gasteiger partial charge in [-0.25, -0.2) is 18.6 Å². The number of aromatic carboxylic acids is 1. The van der Waals surface area contributed by atoms with Gasteiger partial charge in [0.1, 0.15) is 5.52 Å². The maximum Gasteiger partial charge on any atom is 0.337 e. The summed E-state index contributed by atoms with van der Waals surface area (Å²) < 4.78 is 33.9. The number of aromatic nitrogens is 1. The molecule has 0 amide bonds. The number of nitrogens with zero attached hydrogens (tertiary/aromatic N) is 1. The van der Waals surface area contributed by atoms with Crippen molar-refractivity contribution in [2.24, 2.45) is 0 Å². The van der Waals surface area contributed by atoms with Crippen LogP contribution in [0.5, 0.6) is 0 Å². The van der Waals surface area contributed by atoms with Gasteiger partial charge < -0.3 is 9.52 Å². The van der Waals surface area contributed by atoms with Crippen LogP contribution in [0.4, 0.5) is 8.78 Å². The van der Waals surface area contributed by atoms with Crippen molar-refractivity contribution < 1.29 is 27.9 Å².